The van der Waals surface area contributed by atoms with Crippen LogP contribution in [-0.2, 0) is 0 Å². The Kier molecular flexibility index (Phi) is 5.51. The molecule has 0 fully saturated rings. The maximum Gasteiger partial charge on any atom is 0.294 e. The molecule has 3 N–H and O–H groups in total. The molecule has 102 valence electrons. The van der Waals surface area contributed by atoms with E-state index in [1.54, 1.807) is 18.2 Å². The Hall–Kier alpha value is -3.10. The average Bonchev–Trinajstić information content (AvgIpc) is 2.46. The standard InChI is InChI=1S/C12H11N5O3/c13-6-9(7-14)8-16-10-1-2-11(15-3-4-18)12(5-10)17(19)20/h1-2,5,8,15-16,18H,3-4H2. The van der Waals surface area contributed by atoms with Crippen molar-refractivity contribution < 1.29 is 10.0 Å². The van der Waals surface area contributed by atoms with E-state index < -0.39 is 4.92 Å². The van der Waals surface area contributed by atoms with Gasteiger partial charge in [-0.25, -0.2) is 0 Å². The molecular weight excluding hydrogens is 262 g/mol. The van der Waals surface area contributed by atoms with E-state index in [-0.39, 0.29) is 30.1 Å². The van der Waals surface area contributed by atoms with Gasteiger partial charge in [-0.3, -0.25) is 10.1 Å². The van der Waals surface area contributed by atoms with E-state index >= 15 is 0 Å². The Labute approximate surface area is 114 Å². The molecule has 0 atom stereocenters. The van der Waals surface area contributed by atoms with Crippen LogP contribution in [0.3, 0.4) is 0 Å². The predicted octanol–water partition coefficient (Wildman–Crippen LogP) is 1.34. The van der Waals surface area contributed by atoms with Crippen LogP contribution in [0.1, 0.15) is 0 Å². The predicted molar refractivity (Wildman–Crippen MR) is 71.6 cm³/mol. The van der Waals surface area contributed by atoms with Crippen molar-refractivity contribution >= 4 is 17.1 Å². The average molecular weight is 273 g/mol. The first kappa shape index (κ1) is 15.0. The Morgan fingerprint density at radius 3 is 2.70 bits per heavy atom. The molecule has 0 aliphatic heterocycles. The van der Waals surface area contributed by atoms with Crippen LogP contribution in [0.5, 0.6) is 0 Å². The van der Waals surface area contributed by atoms with E-state index in [0.717, 1.165) is 0 Å². The fourth-order valence-electron chi connectivity index (χ4n) is 1.36. The van der Waals surface area contributed by atoms with E-state index in [1.807, 2.05) is 0 Å². The molecule has 0 bridgehead atoms. The first-order chi connectivity index (χ1) is 9.62. The van der Waals surface area contributed by atoms with Crippen molar-refractivity contribution in [2.45, 2.75) is 0 Å². The molecule has 0 unspecified atom stereocenters. The fourth-order valence-corrected chi connectivity index (χ4v) is 1.36. The van der Waals surface area contributed by atoms with Gasteiger partial charge in [0.2, 0.25) is 0 Å². The SMILES string of the molecule is N#CC(C#N)=CNc1ccc(NCCO)c([N+](=O)[O-])c1. The van der Waals surface area contributed by atoms with Crippen LogP contribution in [0.25, 0.3) is 0 Å². The van der Waals surface area contributed by atoms with Gasteiger partial charge in [0.1, 0.15) is 23.4 Å². The first-order valence-corrected chi connectivity index (χ1v) is 5.52. The van der Waals surface area contributed by atoms with Crippen LogP contribution >= 0.6 is 0 Å². The Balaban J connectivity index is 3.00. The Morgan fingerprint density at radius 2 is 2.15 bits per heavy atom. The summed E-state index contributed by atoms with van der Waals surface area (Å²) in [6.07, 6.45) is 1.17. The molecule has 0 spiro atoms. The van der Waals surface area contributed by atoms with Gasteiger partial charge in [0.05, 0.1) is 11.5 Å². The molecule has 0 saturated heterocycles. The van der Waals surface area contributed by atoms with Crippen LogP contribution in [0.4, 0.5) is 17.1 Å². The number of aliphatic hydroxyl groups is 1. The second-order valence-electron chi connectivity index (χ2n) is 3.57. The van der Waals surface area contributed by atoms with Crippen LogP contribution in [0, 0.1) is 32.8 Å². The minimum absolute atomic E-state index is 0.143. The van der Waals surface area contributed by atoms with Gasteiger partial charge >= 0.3 is 0 Å². The molecule has 0 saturated carbocycles. The Bertz CT molecular complexity index is 596. The summed E-state index contributed by atoms with van der Waals surface area (Å²) in [5.41, 5.74) is 0.330. The summed E-state index contributed by atoms with van der Waals surface area (Å²) in [6, 6.07) is 7.62. The lowest BCUT2D eigenvalue weighted by Gasteiger charge is -2.07. The van der Waals surface area contributed by atoms with Crippen molar-refractivity contribution in [3.63, 3.8) is 0 Å². The minimum atomic E-state index is -0.565. The number of allylic oxidation sites excluding steroid dienone is 1. The molecule has 0 aliphatic rings. The maximum atomic E-state index is 10.9. The highest BCUT2D eigenvalue weighted by atomic mass is 16.6. The summed E-state index contributed by atoms with van der Waals surface area (Å²) in [6.45, 7) is 0.0497. The fraction of sp³-hybridized carbons (Fsp3) is 0.167. The van der Waals surface area contributed by atoms with Crippen molar-refractivity contribution in [1.82, 2.24) is 0 Å². The highest BCUT2D eigenvalue weighted by Gasteiger charge is 2.13. The van der Waals surface area contributed by atoms with Crippen LogP contribution in [0.15, 0.2) is 30.0 Å². The van der Waals surface area contributed by atoms with Crippen molar-refractivity contribution in [3.8, 4) is 12.1 Å². The number of nitriles is 2. The van der Waals surface area contributed by atoms with E-state index in [9.17, 15) is 10.1 Å². The van der Waals surface area contributed by atoms with E-state index in [1.165, 1.54) is 18.3 Å². The summed E-state index contributed by atoms with van der Waals surface area (Å²) in [5, 5.41) is 42.1. The summed E-state index contributed by atoms with van der Waals surface area (Å²) in [7, 11) is 0. The van der Waals surface area contributed by atoms with Gasteiger partial charge in [-0.15, -0.1) is 0 Å². The number of aliphatic hydroxyl groups excluding tert-OH is 1. The summed E-state index contributed by atoms with van der Waals surface area (Å²) < 4.78 is 0. The molecule has 1 rings (SSSR count). The lowest BCUT2D eigenvalue weighted by Crippen LogP contribution is -2.07. The normalized spacial score (nSPS) is 8.95. The number of hydrogen-bond donors (Lipinski definition) is 3. The molecule has 8 nitrogen and oxygen atoms in total. The smallest absolute Gasteiger partial charge is 0.294 e. The molecule has 0 aliphatic carbocycles. The molecular formula is C12H11N5O3. The number of nitrogens with zero attached hydrogens (tertiary/aromatic N) is 3. The second kappa shape index (κ2) is 7.36. The monoisotopic (exact) mass is 273 g/mol. The zero-order valence-corrected chi connectivity index (χ0v) is 10.3. The van der Waals surface area contributed by atoms with Gasteiger partial charge in [0, 0.05) is 24.5 Å². The third-order valence-electron chi connectivity index (χ3n) is 2.25. The molecule has 8 heteroatoms. The third kappa shape index (κ3) is 3.98. The van der Waals surface area contributed by atoms with Crippen molar-refractivity contribution in [1.29, 1.82) is 10.5 Å². The van der Waals surface area contributed by atoms with Crippen molar-refractivity contribution in [2.75, 3.05) is 23.8 Å². The second-order valence-corrected chi connectivity index (χ2v) is 3.57. The van der Waals surface area contributed by atoms with Crippen LogP contribution in [-0.4, -0.2) is 23.2 Å². The van der Waals surface area contributed by atoms with Gasteiger partial charge in [0.25, 0.3) is 5.69 Å². The molecule has 0 radical (unpaired) electrons. The van der Waals surface area contributed by atoms with E-state index in [2.05, 4.69) is 10.6 Å². The Morgan fingerprint density at radius 1 is 1.45 bits per heavy atom. The summed E-state index contributed by atoms with van der Waals surface area (Å²) >= 11 is 0. The molecule has 1 aromatic carbocycles. The van der Waals surface area contributed by atoms with Gasteiger partial charge < -0.3 is 15.7 Å². The van der Waals surface area contributed by atoms with Gasteiger partial charge in [-0.05, 0) is 12.1 Å². The number of nitro benzene ring substituents is 1. The van der Waals surface area contributed by atoms with Crippen LogP contribution < -0.4 is 10.6 Å². The van der Waals surface area contributed by atoms with Crippen molar-refractivity contribution in [3.05, 3.63) is 40.1 Å². The quantitative estimate of drug-likeness (QED) is 0.404. The highest BCUT2D eigenvalue weighted by Crippen LogP contribution is 2.27. The van der Waals surface area contributed by atoms with Crippen molar-refractivity contribution in [2.24, 2.45) is 0 Å². The lowest BCUT2D eigenvalue weighted by atomic mass is 10.2. The van der Waals surface area contributed by atoms with E-state index in [0.29, 0.717) is 5.69 Å². The van der Waals surface area contributed by atoms with Gasteiger partial charge in [-0.1, -0.05) is 0 Å². The largest absolute Gasteiger partial charge is 0.395 e. The van der Waals surface area contributed by atoms with E-state index in [4.69, 9.17) is 15.6 Å². The topological polar surface area (TPSA) is 135 Å². The number of anilines is 2. The highest BCUT2D eigenvalue weighted by molar-refractivity contribution is 5.68. The maximum absolute atomic E-state index is 10.9. The molecule has 20 heavy (non-hydrogen) atoms. The number of benzene rings is 1. The minimum Gasteiger partial charge on any atom is -0.395 e. The summed E-state index contributed by atoms with van der Waals surface area (Å²) in [4.78, 5) is 10.4. The number of hydrogen-bond acceptors (Lipinski definition) is 7. The van der Waals surface area contributed by atoms with Crippen LogP contribution in [0.2, 0.25) is 0 Å². The third-order valence-corrected chi connectivity index (χ3v) is 2.25. The first-order valence-electron chi connectivity index (χ1n) is 5.52. The molecule has 0 aromatic heterocycles. The zero-order chi connectivity index (χ0) is 15.0. The van der Waals surface area contributed by atoms with Gasteiger partial charge in [0.15, 0.2) is 0 Å². The molecule has 0 amide bonds. The summed E-state index contributed by atoms with van der Waals surface area (Å²) in [5.74, 6) is 0. The molecule has 0 heterocycles. The number of rotatable bonds is 6. The number of nitro groups is 1. The zero-order valence-electron chi connectivity index (χ0n) is 10.3. The molecule has 1 aromatic rings. The lowest BCUT2D eigenvalue weighted by molar-refractivity contribution is -0.383. The van der Waals surface area contributed by atoms with Gasteiger partial charge in [-0.2, -0.15) is 10.5 Å². The number of nitrogens with one attached hydrogen (secondary N) is 2.